The first kappa shape index (κ1) is 16.3. The van der Waals surface area contributed by atoms with E-state index in [0.29, 0.717) is 31.8 Å². The van der Waals surface area contributed by atoms with Crippen LogP contribution in [0.1, 0.15) is 6.42 Å². The summed E-state index contributed by atoms with van der Waals surface area (Å²) in [6, 6.07) is 7.31. The van der Waals surface area contributed by atoms with Gasteiger partial charge in [-0.3, -0.25) is 0 Å². The van der Waals surface area contributed by atoms with Crippen molar-refractivity contribution in [2.24, 2.45) is 0 Å². The summed E-state index contributed by atoms with van der Waals surface area (Å²) in [5, 5.41) is 0.646. The Hall–Kier alpha value is -1.08. The lowest BCUT2D eigenvalue weighted by atomic mass is 10.2. The van der Waals surface area contributed by atoms with Gasteiger partial charge in [0.1, 0.15) is 4.90 Å². The Morgan fingerprint density at radius 3 is 2.67 bits per heavy atom. The highest BCUT2D eigenvalue weighted by atomic mass is 35.7. The van der Waals surface area contributed by atoms with Gasteiger partial charge < -0.3 is 14.0 Å². The summed E-state index contributed by atoms with van der Waals surface area (Å²) < 4.78 is 35.4. The van der Waals surface area contributed by atoms with Crippen molar-refractivity contribution in [2.75, 3.05) is 26.9 Å². The molecule has 7 heteroatoms. The van der Waals surface area contributed by atoms with E-state index in [1.54, 1.807) is 25.4 Å². The number of halogens is 1. The minimum absolute atomic E-state index is 0.153. The second-order valence-electron chi connectivity index (χ2n) is 4.60. The predicted octanol–water partition coefficient (Wildman–Crippen LogP) is 2.62. The van der Waals surface area contributed by atoms with Crippen LogP contribution in [-0.2, 0) is 25.1 Å². The Bertz CT molecular complexity index is 696. The first-order chi connectivity index (χ1) is 10.0. The van der Waals surface area contributed by atoms with Gasteiger partial charge in [0.25, 0.3) is 9.05 Å². The average Bonchev–Trinajstić information content (AvgIpc) is 2.82. The molecular formula is C14H18ClNO4S. The molecule has 1 aromatic heterocycles. The maximum Gasteiger partial charge on any atom is 0.263 e. The highest BCUT2D eigenvalue weighted by Gasteiger charge is 2.18. The molecular weight excluding hydrogens is 314 g/mol. The Morgan fingerprint density at radius 2 is 1.95 bits per heavy atom. The second kappa shape index (κ2) is 7.26. The van der Waals surface area contributed by atoms with Crippen molar-refractivity contribution in [3.05, 3.63) is 30.5 Å². The fourth-order valence-electron chi connectivity index (χ4n) is 2.17. The second-order valence-corrected chi connectivity index (χ2v) is 7.13. The van der Waals surface area contributed by atoms with E-state index in [4.69, 9.17) is 20.2 Å². The SMILES string of the molecule is COCCOCCCn1cc(S(=O)(=O)Cl)c2ccccc21. The largest absolute Gasteiger partial charge is 0.382 e. The Morgan fingerprint density at radius 1 is 1.19 bits per heavy atom. The van der Waals surface area contributed by atoms with E-state index in [0.717, 1.165) is 11.9 Å². The van der Waals surface area contributed by atoms with E-state index in [-0.39, 0.29) is 4.90 Å². The monoisotopic (exact) mass is 331 g/mol. The maximum atomic E-state index is 11.6. The van der Waals surface area contributed by atoms with Crippen LogP contribution in [0.25, 0.3) is 10.9 Å². The number of aromatic nitrogens is 1. The van der Waals surface area contributed by atoms with Crippen molar-refractivity contribution in [1.82, 2.24) is 4.57 Å². The molecule has 2 aromatic rings. The number of methoxy groups -OCH3 is 1. The standard InChI is InChI=1S/C14H18ClNO4S/c1-19-9-10-20-8-4-7-16-11-14(21(15,17)18)12-5-2-3-6-13(12)16/h2-3,5-6,11H,4,7-10H2,1H3. The smallest absolute Gasteiger partial charge is 0.263 e. The molecule has 0 bridgehead atoms. The molecule has 5 nitrogen and oxygen atoms in total. The van der Waals surface area contributed by atoms with Gasteiger partial charge in [-0.25, -0.2) is 8.42 Å². The molecule has 0 aliphatic carbocycles. The van der Waals surface area contributed by atoms with Crippen molar-refractivity contribution < 1.29 is 17.9 Å². The molecule has 21 heavy (non-hydrogen) atoms. The van der Waals surface area contributed by atoms with E-state index in [2.05, 4.69) is 0 Å². The van der Waals surface area contributed by atoms with Crippen molar-refractivity contribution in [1.29, 1.82) is 0 Å². The van der Waals surface area contributed by atoms with E-state index >= 15 is 0 Å². The third kappa shape index (κ3) is 4.20. The van der Waals surface area contributed by atoms with Crippen LogP contribution in [0.3, 0.4) is 0 Å². The molecule has 1 heterocycles. The van der Waals surface area contributed by atoms with Gasteiger partial charge in [0.15, 0.2) is 0 Å². The molecule has 0 fully saturated rings. The quantitative estimate of drug-likeness (QED) is 0.551. The maximum absolute atomic E-state index is 11.6. The summed E-state index contributed by atoms with van der Waals surface area (Å²) >= 11 is 0. The lowest BCUT2D eigenvalue weighted by Gasteiger charge is -2.06. The van der Waals surface area contributed by atoms with E-state index in [1.807, 2.05) is 16.7 Å². The fourth-order valence-corrected chi connectivity index (χ4v) is 3.23. The minimum Gasteiger partial charge on any atom is -0.382 e. The van der Waals surface area contributed by atoms with E-state index in [9.17, 15) is 8.42 Å². The molecule has 0 unspecified atom stereocenters. The highest BCUT2D eigenvalue weighted by molar-refractivity contribution is 8.14. The molecule has 0 atom stereocenters. The molecule has 2 rings (SSSR count). The molecule has 0 spiro atoms. The third-order valence-corrected chi connectivity index (χ3v) is 4.48. The van der Waals surface area contributed by atoms with Gasteiger partial charge in [-0.05, 0) is 12.5 Å². The number of fused-ring (bicyclic) bond motifs is 1. The van der Waals surface area contributed by atoms with Gasteiger partial charge in [-0.15, -0.1) is 0 Å². The van der Waals surface area contributed by atoms with Gasteiger partial charge >= 0.3 is 0 Å². The molecule has 0 saturated heterocycles. The lowest BCUT2D eigenvalue weighted by molar-refractivity contribution is 0.0681. The Kier molecular flexibility index (Phi) is 5.64. The van der Waals surface area contributed by atoms with Gasteiger partial charge in [0.2, 0.25) is 0 Å². The molecule has 116 valence electrons. The van der Waals surface area contributed by atoms with Crippen LogP contribution in [-0.4, -0.2) is 39.9 Å². The summed E-state index contributed by atoms with van der Waals surface area (Å²) in [6.45, 7) is 2.39. The number of benzene rings is 1. The third-order valence-electron chi connectivity index (χ3n) is 3.13. The predicted molar refractivity (Wildman–Crippen MR) is 82.3 cm³/mol. The van der Waals surface area contributed by atoms with Crippen LogP contribution < -0.4 is 0 Å². The summed E-state index contributed by atoms with van der Waals surface area (Å²) in [4.78, 5) is 0.153. The molecule has 0 aliphatic rings. The molecule has 0 radical (unpaired) electrons. The number of rotatable bonds is 8. The van der Waals surface area contributed by atoms with Crippen LogP contribution in [0.4, 0.5) is 0 Å². The zero-order valence-electron chi connectivity index (χ0n) is 11.8. The van der Waals surface area contributed by atoms with Crippen molar-refractivity contribution >= 4 is 30.6 Å². The van der Waals surface area contributed by atoms with Gasteiger partial charge in [-0.1, -0.05) is 18.2 Å². The molecule has 0 aliphatic heterocycles. The van der Waals surface area contributed by atoms with Crippen molar-refractivity contribution in [3.8, 4) is 0 Å². The Balaban J connectivity index is 2.10. The average molecular weight is 332 g/mol. The van der Waals surface area contributed by atoms with E-state index < -0.39 is 9.05 Å². The summed E-state index contributed by atoms with van der Waals surface area (Å²) in [5.41, 5.74) is 0.855. The van der Waals surface area contributed by atoms with Crippen molar-refractivity contribution in [3.63, 3.8) is 0 Å². The van der Waals surface area contributed by atoms with Crippen LogP contribution >= 0.6 is 10.7 Å². The first-order valence-corrected chi connectivity index (χ1v) is 8.94. The lowest BCUT2D eigenvalue weighted by Crippen LogP contribution is -2.06. The molecule has 0 N–H and O–H groups in total. The summed E-state index contributed by atoms with van der Waals surface area (Å²) in [6.07, 6.45) is 2.37. The van der Waals surface area contributed by atoms with Gasteiger partial charge in [0.05, 0.1) is 13.2 Å². The number of para-hydroxylation sites is 1. The van der Waals surface area contributed by atoms with Crippen molar-refractivity contribution in [2.45, 2.75) is 17.9 Å². The number of hydrogen-bond acceptors (Lipinski definition) is 4. The fraction of sp³-hybridized carbons (Fsp3) is 0.429. The normalized spacial score (nSPS) is 12.1. The van der Waals surface area contributed by atoms with Crippen LogP contribution in [0.15, 0.2) is 35.4 Å². The van der Waals surface area contributed by atoms with Gasteiger partial charge in [-0.2, -0.15) is 0 Å². The number of hydrogen-bond donors (Lipinski definition) is 0. The van der Waals surface area contributed by atoms with Crippen LogP contribution in [0.2, 0.25) is 0 Å². The van der Waals surface area contributed by atoms with Crippen LogP contribution in [0.5, 0.6) is 0 Å². The molecule has 0 saturated carbocycles. The van der Waals surface area contributed by atoms with E-state index in [1.165, 1.54) is 0 Å². The molecule has 0 amide bonds. The number of nitrogens with zero attached hydrogens (tertiary/aromatic N) is 1. The van der Waals surface area contributed by atoms with Gasteiger partial charge in [0, 0.05) is 48.0 Å². The summed E-state index contributed by atoms with van der Waals surface area (Å²) in [5.74, 6) is 0. The zero-order valence-corrected chi connectivity index (χ0v) is 13.4. The Labute approximate surface area is 128 Å². The number of ether oxygens (including phenoxy) is 2. The highest BCUT2D eigenvalue weighted by Crippen LogP contribution is 2.27. The first-order valence-electron chi connectivity index (χ1n) is 6.63. The minimum atomic E-state index is -3.75. The summed E-state index contributed by atoms with van der Waals surface area (Å²) in [7, 11) is 3.37. The zero-order chi connectivity index (χ0) is 15.3. The number of aryl methyl sites for hydroxylation is 1. The topological polar surface area (TPSA) is 57.5 Å². The molecule has 1 aromatic carbocycles. The van der Waals surface area contributed by atoms with Crippen LogP contribution in [0, 0.1) is 0 Å².